The fraction of sp³-hybridized carbons (Fsp3) is 0.500. The van der Waals surface area contributed by atoms with Gasteiger partial charge in [-0.05, 0) is 37.3 Å². The van der Waals surface area contributed by atoms with E-state index in [9.17, 15) is 4.79 Å². The van der Waals surface area contributed by atoms with E-state index in [2.05, 4.69) is 17.4 Å². The number of piperidine rings is 1. The molecule has 0 spiro atoms. The number of halogens is 1. The maximum absolute atomic E-state index is 11.7. The Labute approximate surface area is 114 Å². The molecule has 0 aliphatic carbocycles. The number of benzene rings is 1. The Morgan fingerprint density at radius 2 is 2.11 bits per heavy atom. The van der Waals surface area contributed by atoms with E-state index < -0.39 is 0 Å². The van der Waals surface area contributed by atoms with Crippen molar-refractivity contribution >= 4 is 18.4 Å². The summed E-state index contributed by atoms with van der Waals surface area (Å²) < 4.78 is 4.86. The van der Waals surface area contributed by atoms with Gasteiger partial charge in [-0.25, -0.2) is 0 Å². The predicted octanol–water partition coefficient (Wildman–Crippen LogP) is 2.19. The number of carbonyl (C=O) groups is 1. The van der Waals surface area contributed by atoms with Gasteiger partial charge >= 0.3 is 5.97 Å². The molecule has 100 valence electrons. The van der Waals surface area contributed by atoms with Crippen LogP contribution in [0.15, 0.2) is 30.3 Å². The van der Waals surface area contributed by atoms with Crippen molar-refractivity contribution < 1.29 is 9.53 Å². The zero-order chi connectivity index (χ0) is 12.1. The summed E-state index contributed by atoms with van der Waals surface area (Å²) in [5.41, 5.74) is 1.29. The molecule has 1 fully saturated rings. The molecule has 0 aromatic heterocycles. The number of nitrogens with one attached hydrogen (secondary N) is 1. The van der Waals surface area contributed by atoms with Crippen molar-refractivity contribution in [3.05, 3.63) is 35.9 Å². The molecule has 2 atom stereocenters. The standard InChI is InChI=1S/C14H19NO2.ClH/c1-17-14(16)13-12(8-5-9-15-13)10-11-6-3-2-4-7-11;/h2-4,6-7,12-13,15H,5,8-10H2,1H3;1H. The second-order valence-corrected chi connectivity index (χ2v) is 4.55. The summed E-state index contributed by atoms with van der Waals surface area (Å²) in [5.74, 6) is 0.212. The molecule has 0 bridgehead atoms. The monoisotopic (exact) mass is 269 g/mol. The van der Waals surface area contributed by atoms with Crippen LogP contribution in [0.2, 0.25) is 0 Å². The molecule has 1 heterocycles. The van der Waals surface area contributed by atoms with Gasteiger partial charge in [-0.15, -0.1) is 12.4 Å². The third-order valence-corrected chi connectivity index (χ3v) is 3.38. The Hall–Kier alpha value is -1.06. The molecule has 1 N–H and O–H groups in total. The lowest BCUT2D eigenvalue weighted by molar-refractivity contribution is -0.145. The van der Waals surface area contributed by atoms with Crippen molar-refractivity contribution in [1.29, 1.82) is 0 Å². The van der Waals surface area contributed by atoms with Gasteiger partial charge in [0.1, 0.15) is 6.04 Å². The van der Waals surface area contributed by atoms with E-state index in [1.54, 1.807) is 0 Å². The molecule has 1 aromatic rings. The molecule has 2 rings (SSSR count). The van der Waals surface area contributed by atoms with E-state index in [1.807, 2.05) is 18.2 Å². The highest BCUT2D eigenvalue weighted by atomic mass is 35.5. The molecule has 4 heteroatoms. The number of ether oxygens (including phenoxy) is 1. The molecule has 0 radical (unpaired) electrons. The summed E-state index contributed by atoms with van der Waals surface area (Å²) in [6.07, 6.45) is 3.15. The molecule has 1 saturated heterocycles. The average Bonchev–Trinajstić information content (AvgIpc) is 2.40. The number of hydrogen-bond donors (Lipinski definition) is 1. The number of esters is 1. The SMILES string of the molecule is COC(=O)C1NCCCC1Cc1ccccc1.Cl. The van der Waals surface area contributed by atoms with Crippen LogP contribution in [0.5, 0.6) is 0 Å². The molecular weight excluding hydrogens is 250 g/mol. The number of carbonyl (C=O) groups excluding carboxylic acids is 1. The Bertz CT molecular complexity index is 369. The van der Waals surface area contributed by atoms with Gasteiger partial charge in [0.05, 0.1) is 7.11 Å². The second kappa shape index (κ2) is 7.39. The second-order valence-electron chi connectivity index (χ2n) is 4.55. The topological polar surface area (TPSA) is 38.3 Å². The third-order valence-electron chi connectivity index (χ3n) is 3.38. The largest absolute Gasteiger partial charge is 0.468 e. The lowest BCUT2D eigenvalue weighted by atomic mass is 9.85. The van der Waals surface area contributed by atoms with Gasteiger partial charge in [0, 0.05) is 0 Å². The van der Waals surface area contributed by atoms with Crippen LogP contribution < -0.4 is 5.32 Å². The molecule has 0 amide bonds. The third kappa shape index (κ3) is 3.72. The number of methoxy groups -OCH3 is 1. The van der Waals surface area contributed by atoms with Gasteiger partial charge in [-0.1, -0.05) is 30.3 Å². The quantitative estimate of drug-likeness (QED) is 0.855. The smallest absolute Gasteiger partial charge is 0.323 e. The van der Waals surface area contributed by atoms with Crippen LogP contribution in [0.3, 0.4) is 0 Å². The summed E-state index contributed by atoms with van der Waals surface area (Å²) in [6, 6.07) is 10.2. The van der Waals surface area contributed by atoms with Crippen LogP contribution in [0.1, 0.15) is 18.4 Å². The van der Waals surface area contributed by atoms with E-state index >= 15 is 0 Å². The zero-order valence-electron chi connectivity index (χ0n) is 10.6. The molecule has 1 aliphatic rings. The van der Waals surface area contributed by atoms with Crippen molar-refractivity contribution in [3.8, 4) is 0 Å². The highest BCUT2D eigenvalue weighted by molar-refractivity contribution is 5.85. The van der Waals surface area contributed by atoms with Crippen molar-refractivity contribution in [2.45, 2.75) is 25.3 Å². The Kier molecular flexibility index (Phi) is 6.16. The van der Waals surface area contributed by atoms with Crippen LogP contribution >= 0.6 is 12.4 Å². The summed E-state index contributed by atoms with van der Waals surface area (Å²) in [6.45, 7) is 0.908. The van der Waals surface area contributed by atoms with E-state index in [4.69, 9.17) is 4.74 Å². The minimum atomic E-state index is -0.144. The van der Waals surface area contributed by atoms with Crippen molar-refractivity contribution in [3.63, 3.8) is 0 Å². The fourth-order valence-corrected chi connectivity index (χ4v) is 2.49. The summed E-state index contributed by atoms with van der Waals surface area (Å²) in [7, 11) is 1.46. The Balaban J connectivity index is 0.00000162. The van der Waals surface area contributed by atoms with E-state index in [0.29, 0.717) is 5.92 Å². The molecule has 0 saturated carbocycles. The maximum Gasteiger partial charge on any atom is 0.323 e. The fourth-order valence-electron chi connectivity index (χ4n) is 2.49. The molecule has 1 aliphatic heterocycles. The van der Waals surface area contributed by atoms with Gasteiger partial charge < -0.3 is 10.1 Å². The van der Waals surface area contributed by atoms with E-state index in [0.717, 1.165) is 25.8 Å². The first kappa shape index (κ1) is 15.0. The van der Waals surface area contributed by atoms with Crippen molar-refractivity contribution in [2.24, 2.45) is 5.92 Å². The van der Waals surface area contributed by atoms with Crippen LogP contribution in [0, 0.1) is 5.92 Å². The van der Waals surface area contributed by atoms with E-state index in [1.165, 1.54) is 12.7 Å². The maximum atomic E-state index is 11.7. The lowest BCUT2D eigenvalue weighted by Crippen LogP contribution is -2.48. The highest BCUT2D eigenvalue weighted by Crippen LogP contribution is 2.22. The van der Waals surface area contributed by atoms with Gasteiger partial charge in [-0.2, -0.15) is 0 Å². The zero-order valence-corrected chi connectivity index (χ0v) is 11.4. The first-order chi connectivity index (χ1) is 8.31. The average molecular weight is 270 g/mol. The van der Waals surface area contributed by atoms with Crippen molar-refractivity contribution in [1.82, 2.24) is 5.32 Å². The number of rotatable bonds is 3. The normalized spacial score (nSPS) is 22.9. The number of hydrogen-bond acceptors (Lipinski definition) is 3. The minimum Gasteiger partial charge on any atom is -0.468 e. The minimum absolute atomic E-state index is 0. The Morgan fingerprint density at radius 3 is 2.78 bits per heavy atom. The first-order valence-corrected chi connectivity index (χ1v) is 6.16. The summed E-state index contributed by atoms with van der Waals surface area (Å²) >= 11 is 0. The van der Waals surface area contributed by atoms with Gasteiger partial charge in [0.15, 0.2) is 0 Å². The summed E-state index contributed by atoms with van der Waals surface area (Å²) in [5, 5.41) is 3.27. The lowest BCUT2D eigenvalue weighted by Gasteiger charge is -2.30. The molecule has 3 nitrogen and oxygen atoms in total. The highest BCUT2D eigenvalue weighted by Gasteiger charge is 2.31. The Morgan fingerprint density at radius 1 is 1.39 bits per heavy atom. The molecular formula is C14H20ClNO2. The van der Waals surface area contributed by atoms with Crippen molar-refractivity contribution in [2.75, 3.05) is 13.7 Å². The van der Waals surface area contributed by atoms with Gasteiger partial charge in [-0.3, -0.25) is 4.79 Å². The van der Waals surface area contributed by atoms with Crippen LogP contribution in [0.4, 0.5) is 0 Å². The molecule has 2 unspecified atom stereocenters. The predicted molar refractivity (Wildman–Crippen MR) is 73.9 cm³/mol. The van der Waals surface area contributed by atoms with E-state index in [-0.39, 0.29) is 24.4 Å². The van der Waals surface area contributed by atoms with Gasteiger partial charge in [0.25, 0.3) is 0 Å². The molecule has 18 heavy (non-hydrogen) atoms. The van der Waals surface area contributed by atoms with Crippen LogP contribution in [0.25, 0.3) is 0 Å². The van der Waals surface area contributed by atoms with Crippen LogP contribution in [-0.2, 0) is 16.0 Å². The van der Waals surface area contributed by atoms with Gasteiger partial charge in [0.2, 0.25) is 0 Å². The molecule has 1 aromatic carbocycles. The first-order valence-electron chi connectivity index (χ1n) is 6.16. The summed E-state index contributed by atoms with van der Waals surface area (Å²) in [4.78, 5) is 11.7. The van der Waals surface area contributed by atoms with Crippen LogP contribution in [-0.4, -0.2) is 25.7 Å².